The van der Waals surface area contributed by atoms with Crippen LogP contribution in [-0.2, 0) is 9.59 Å². The number of nitrogens with one attached hydrogen (secondary N) is 1. The molecule has 0 aliphatic heterocycles. The topological polar surface area (TPSA) is 113 Å². The molecule has 0 aromatic carbocycles. The van der Waals surface area contributed by atoms with E-state index < -0.39 is 17.4 Å². The molecular weight excluding hydrogens is 271 g/mol. The standard InChI is InChI=1S/C14H27BN2O4/c1-10(16)12(18)17-11-5-7-14(9-11,13(19)20)6-3-4-8-15(2)21/h10-11,21H,3-9,16H2,1-2H3,(H,17,18)(H,19,20)/t10-,11-,14+/m0/s1. The summed E-state index contributed by atoms with van der Waals surface area (Å²) in [5.41, 5.74) is 4.77. The number of rotatable bonds is 8. The third-order valence-electron chi connectivity index (χ3n) is 4.35. The molecule has 0 aromatic rings. The zero-order valence-electron chi connectivity index (χ0n) is 13.0. The average molecular weight is 298 g/mol. The van der Waals surface area contributed by atoms with Gasteiger partial charge in [-0.05, 0) is 38.9 Å². The third-order valence-corrected chi connectivity index (χ3v) is 4.35. The molecule has 0 bridgehead atoms. The van der Waals surface area contributed by atoms with Gasteiger partial charge in [0.05, 0.1) is 11.5 Å². The van der Waals surface area contributed by atoms with Crippen LogP contribution >= 0.6 is 0 Å². The third kappa shape index (κ3) is 5.32. The Balaban J connectivity index is 2.51. The van der Waals surface area contributed by atoms with Crippen molar-refractivity contribution in [1.29, 1.82) is 0 Å². The fraction of sp³-hybridized carbons (Fsp3) is 0.857. The molecule has 5 N–H and O–H groups in total. The van der Waals surface area contributed by atoms with Crippen molar-refractivity contribution in [2.45, 2.75) is 70.7 Å². The predicted octanol–water partition coefficient (Wildman–Crippen LogP) is 0.857. The van der Waals surface area contributed by atoms with E-state index in [1.807, 2.05) is 0 Å². The lowest BCUT2D eigenvalue weighted by atomic mass is 9.66. The van der Waals surface area contributed by atoms with Gasteiger partial charge in [0.15, 0.2) is 0 Å². The lowest BCUT2D eigenvalue weighted by molar-refractivity contribution is -0.149. The number of hydrogen-bond acceptors (Lipinski definition) is 4. The van der Waals surface area contributed by atoms with E-state index in [9.17, 15) is 19.7 Å². The molecule has 7 heteroatoms. The van der Waals surface area contributed by atoms with Crippen LogP contribution in [0, 0.1) is 5.41 Å². The number of nitrogens with two attached hydrogens (primary N) is 1. The van der Waals surface area contributed by atoms with Gasteiger partial charge in [0.1, 0.15) is 0 Å². The molecule has 0 aromatic heterocycles. The van der Waals surface area contributed by atoms with Gasteiger partial charge < -0.3 is 21.2 Å². The fourth-order valence-corrected chi connectivity index (χ4v) is 3.01. The Morgan fingerprint density at radius 3 is 2.67 bits per heavy atom. The summed E-state index contributed by atoms with van der Waals surface area (Å²) in [6.07, 6.45) is 4.63. The molecule has 3 atom stereocenters. The Hall–Kier alpha value is -1.08. The van der Waals surface area contributed by atoms with Crippen LogP contribution in [0.15, 0.2) is 0 Å². The molecule has 1 aliphatic carbocycles. The molecule has 6 nitrogen and oxygen atoms in total. The van der Waals surface area contributed by atoms with Crippen molar-refractivity contribution >= 4 is 18.8 Å². The highest BCUT2D eigenvalue weighted by Gasteiger charge is 2.45. The summed E-state index contributed by atoms with van der Waals surface area (Å²) in [5, 5.41) is 21.6. The minimum absolute atomic E-state index is 0.101. The summed E-state index contributed by atoms with van der Waals surface area (Å²) in [6, 6.07) is -0.674. The van der Waals surface area contributed by atoms with Crippen LogP contribution in [0.2, 0.25) is 13.1 Å². The SMILES string of the molecule is CB(O)CCCC[C@@]1(C(=O)O)CC[C@H](NC(=O)[C@H](C)N)C1. The maximum atomic E-state index is 11.6. The summed E-state index contributed by atoms with van der Waals surface area (Å²) in [5.74, 6) is -1.01. The zero-order valence-corrected chi connectivity index (χ0v) is 13.0. The smallest absolute Gasteiger partial charge is 0.309 e. The van der Waals surface area contributed by atoms with E-state index in [2.05, 4.69) is 5.32 Å². The molecule has 1 aliphatic rings. The molecule has 1 saturated carbocycles. The van der Waals surface area contributed by atoms with Crippen LogP contribution < -0.4 is 11.1 Å². The van der Waals surface area contributed by atoms with Gasteiger partial charge in [0, 0.05) is 6.04 Å². The van der Waals surface area contributed by atoms with E-state index >= 15 is 0 Å². The summed E-state index contributed by atoms with van der Waals surface area (Å²) in [7, 11) is 0. The first-order valence-corrected chi connectivity index (χ1v) is 7.74. The molecule has 0 unspecified atom stereocenters. The minimum Gasteiger partial charge on any atom is -0.481 e. The molecule has 120 valence electrons. The number of unbranched alkanes of at least 4 members (excludes halogenated alkanes) is 1. The average Bonchev–Trinajstić information content (AvgIpc) is 2.79. The Morgan fingerprint density at radius 1 is 1.48 bits per heavy atom. The van der Waals surface area contributed by atoms with Crippen molar-refractivity contribution in [3.8, 4) is 0 Å². The number of carboxylic acid groups (broad SMARTS) is 1. The number of carboxylic acids is 1. The largest absolute Gasteiger partial charge is 0.481 e. The van der Waals surface area contributed by atoms with Crippen LogP contribution in [0.25, 0.3) is 0 Å². The Kier molecular flexibility index (Phi) is 6.67. The van der Waals surface area contributed by atoms with E-state index in [1.54, 1.807) is 13.7 Å². The van der Waals surface area contributed by atoms with E-state index in [1.165, 1.54) is 0 Å². The van der Waals surface area contributed by atoms with Gasteiger partial charge in [0.25, 0.3) is 6.92 Å². The number of carbonyl (C=O) groups is 2. The zero-order chi connectivity index (χ0) is 16.0. The van der Waals surface area contributed by atoms with E-state index in [-0.39, 0.29) is 18.9 Å². The van der Waals surface area contributed by atoms with Crippen molar-refractivity contribution in [3.05, 3.63) is 0 Å². The van der Waals surface area contributed by atoms with Crippen LogP contribution in [-0.4, -0.2) is 41.0 Å². The monoisotopic (exact) mass is 298 g/mol. The Morgan fingerprint density at radius 2 is 2.14 bits per heavy atom. The van der Waals surface area contributed by atoms with Crippen LogP contribution in [0.1, 0.15) is 45.4 Å². The van der Waals surface area contributed by atoms with Crippen LogP contribution in [0.4, 0.5) is 0 Å². The first-order valence-electron chi connectivity index (χ1n) is 7.74. The lowest BCUT2D eigenvalue weighted by Gasteiger charge is -2.24. The molecule has 0 spiro atoms. The van der Waals surface area contributed by atoms with Gasteiger partial charge in [-0.3, -0.25) is 9.59 Å². The van der Waals surface area contributed by atoms with E-state index in [0.29, 0.717) is 32.0 Å². The molecule has 1 fully saturated rings. The van der Waals surface area contributed by atoms with Crippen molar-refractivity contribution in [2.24, 2.45) is 11.1 Å². The van der Waals surface area contributed by atoms with Gasteiger partial charge >= 0.3 is 5.97 Å². The van der Waals surface area contributed by atoms with Crippen molar-refractivity contribution in [1.82, 2.24) is 5.32 Å². The molecule has 0 heterocycles. The van der Waals surface area contributed by atoms with Crippen LogP contribution in [0.5, 0.6) is 0 Å². The molecule has 21 heavy (non-hydrogen) atoms. The minimum atomic E-state index is -0.780. The molecular formula is C14H27BN2O4. The summed E-state index contributed by atoms with van der Waals surface area (Å²) >= 11 is 0. The van der Waals surface area contributed by atoms with Gasteiger partial charge in [0.2, 0.25) is 5.91 Å². The number of amides is 1. The molecule has 1 amide bonds. The van der Waals surface area contributed by atoms with Gasteiger partial charge in [-0.15, -0.1) is 0 Å². The lowest BCUT2D eigenvalue weighted by Crippen LogP contribution is -2.43. The second-order valence-electron chi connectivity index (χ2n) is 6.42. The molecule has 0 saturated heterocycles. The first-order chi connectivity index (χ1) is 9.77. The van der Waals surface area contributed by atoms with E-state index in [4.69, 9.17) is 5.73 Å². The maximum Gasteiger partial charge on any atom is 0.309 e. The number of aliphatic carboxylic acids is 1. The van der Waals surface area contributed by atoms with Crippen molar-refractivity contribution < 1.29 is 19.7 Å². The van der Waals surface area contributed by atoms with Crippen molar-refractivity contribution in [3.63, 3.8) is 0 Å². The highest BCUT2D eigenvalue weighted by atomic mass is 16.4. The van der Waals surface area contributed by atoms with Gasteiger partial charge in [-0.1, -0.05) is 19.7 Å². The summed E-state index contributed by atoms with van der Waals surface area (Å²) in [6.45, 7) is 3.01. The Bertz CT molecular complexity index is 376. The van der Waals surface area contributed by atoms with Crippen LogP contribution in [0.3, 0.4) is 0 Å². The number of hydrogen-bond donors (Lipinski definition) is 4. The maximum absolute atomic E-state index is 11.6. The summed E-state index contributed by atoms with van der Waals surface area (Å²) in [4.78, 5) is 23.2. The Labute approximate surface area is 126 Å². The fourth-order valence-electron chi connectivity index (χ4n) is 3.01. The molecule has 0 radical (unpaired) electrons. The van der Waals surface area contributed by atoms with Gasteiger partial charge in [-0.25, -0.2) is 0 Å². The van der Waals surface area contributed by atoms with Gasteiger partial charge in [-0.2, -0.15) is 0 Å². The quantitative estimate of drug-likeness (QED) is 0.392. The number of carbonyl (C=O) groups excluding carboxylic acids is 1. The molecule has 1 rings (SSSR count). The van der Waals surface area contributed by atoms with E-state index in [0.717, 1.165) is 12.8 Å². The second-order valence-corrected chi connectivity index (χ2v) is 6.42. The van der Waals surface area contributed by atoms with Crippen molar-refractivity contribution in [2.75, 3.05) is 0 Å². The second kappa shape index (κ2) is 7.80. The normalized spacial score (nSPS) is 26.4. The first kappa shape index (κ1) is 18.0. The summed E-state index contributed by atoms with van der Waals surface area (Å²) < 4.78 is 0. The highest BCUT2D eigenvalue weighted by Crippen LogP contribution is 2.43. The highest BCUT2D eigenvalue weighted by molar-refractivity contribution is 6.48. The predicted molar refractivity (Wildman–Crippen MR) is 82.0 cm³/mol.